The zero-order chi connectivity index (χ0) is 17.2. The fourth-order valence-corrected chi connectivity index (χ4v) is 3.87. The van der Waals surface area contributed by atoms with Crippen molar-refractivity contribution >= 4 is 5.95 Å². The van der Waals surface area contributed by atoms with Crippen LogP contribution in [-0.4, -0.2) is 72.5 Å². The highest BCUT2D eigenvalue weighted by Crippen LogP contribution is 2.51. The number of hydrogen-bond donors (Lipinski definition) is 2. The molecule has 1 saturated heterocycles. The maximum Gasteiger partial charge on any atom is 0.224 e. The second kappa shape index (κ2) is 7.31. The first-order chi connectivity index (χ1) is 11.5. The number of anilines is 1. The van der Waals surface area contributed by atoms with Crippen LogP contribution in [0.5, 0.6) is 0 Å². The minimum atomic E-state index is -0.231. The summed E-state index contributed by atoms with van der Waals surface area (Å²) in [6.07, 6.45) is 6.43. The summed E-state index contributed by atoms with van der Waals surface area (Å²) in [7, 11) is 3.87. The number of hydrogen-bond acceptors (Lipinski definition) is 7. The van der Waals surface area contributed by atoms with Gasteiger partial charge in [-0.2, -0.15) is 0 Å². The lowest BCUT2D eigenvalue weighted by Crippen LogP contribution is -2.62. The second-order valence-electron chi connectivity index (χ2n) is 7.19. The number of aliphatic hydroxyl groups is 1. The Morgan fingerprint density at radius 2 is 2.00 bits per heavy atom. The number of aromatic nitrogens is 2. The molecule has 134 valence electrons. The van der Waals surface area contributed by atoms with Gasteiger partial charge in [0.1, 0.15) is 0 Å². The molecule has 0 bridgehead atoms. The fourth-order valence-electron chi connectivity index (χ4n) is 3.87. The summed E-state index contributed by atoms with van der Waals surface area (Å²) in [6.45, 7) is 3.91. The van der Waals surface area contributed by atoms with Gasteiger partial charge in [0.2, 0.25) is 5.95 Å². The molecule has 2 aliphatic rings. The topological polar surface area (TPSA) is 87.7 Å². The van der Waals surface area contributed by atoms with Gasteiger partial charge in [0, 0.05) is 57.0 Å². The van der Waals surface area contributed by atoms with Crippen LogP contribution in [0.15, 0.2) is 12.4 Å². The first-order valence-corrected chi connectivity index (χ1v) is 8.75. The van der Waals surface area contributed by atoms with Crippen molar-refractivity contribution in [2.75, 3.05) is 45.2 Å². The van der Waals surface area contributed by atoms with Crippen LogP contribution in [0.2, 0.25) is 0 Å². The summed E-state index contributed by atoms with van der Waals surface area (Å²) in [5.41, 5.74) is 6.60. The monoisotopic (exact) mass is 335 g/mol. The Labute approximate surface area is 143 Å². The third kappa shape index (κ3) is 3.39. The van der Waals surface area contributed by atoms with Gasteiger partial charge in [0.25, 0.3) is 0 Å². The lowest BCUT2D eigenvalue weighted by molar-refractivity contribution is -0.210. The van der Waals surface area contributed by atoms with Crippen molar-refractivity contribution in [3.63, 3.8) is 0 Å². The van der Waals surface area contributed by atoms with Crippen LogP contribution < -0.4 is 10.6 Å². The lowest BCUT2D eigenvalue weighted by atomic mass is 9.58. The van der Waals surface area contributed by atoms with Crippen LogP contribution >= 0.6 is 0 Å². The van der Waals surface area contributed by atoms with E-state index in [2.05, 4.69) is 14.9 Å². The number of rotatable bonds is 6. The van der Waals surface area contributed by atoms with E-state index in [0.717, 1.165) is 50.4 Å². The molecule has 1 aromatic heterocycles. The van der Waals surface area contributed by atoms with Gasteiger partial charge in [0.05, 0.1) is 18.8 Å². The molecule has 2 atom stereocenters. The second-order valence-corrected chi connectivity index (χ2v) is 7.19. The molecule has 0 unspecified atom stereocenters. The molecule has 24 heavy (non-hydrogen) atoms. The Balaban J connectivity index is 1.53. The van der Waals surface area contributed by atoms with Gasteiger partial charge in [-0.1, -0.05) is 0 Å². The Bertz CT molecular complexity index is 528. The number of nitrogens with two attached hydrogens (primary N) is 1. The maximum atomic E-state index is 10.3. The molecule has 7 nitrogen and oxygen atoms in total. The quantitative estimate of drug-likeness (QED) is 0.769. The number of likely N-dealkylation sites (tertiary alicyclic amines) is 1. The van der Waals surface area contributed by atoms with E-state index < -0.39 is 0 Å². The zero-order valence-corrected chi connectivity index (χ0v) is 14.7. The fraction of sp³-hybridized carbons (Fsp3) is 0.765. The molecular weight excluding hydrogens is 306 g/mol. The van der Waals surface area contributed by atoms with E-state index >= 15 is 0 Å². The molecule has 2 heterocycles. The van der Waals surface area contributed by atoms with Gasteiger partial charge < -0.3 is 20.5 Å². The van der Waals surface area contributed by atoms with E-state index in [0.29, 0.717) is 13.2 Å². The van der Waals surface area contributed by atoms with E-state index in [1.54, 1.807) is 0 Å². The molecule has 0 radical (unpaired) electrons. The predicted octanol–water partition coefficient (Wildman–Crippen LogP) is 0.233. The molecule has 1 aromatic rings. The van der Waals surface area contributed by atoms with Gasteiger partial charge in [-0.15, -0.1) is 0 Å². The van der Waals surface area contributed by atoms with Crippen LogP contribution in [0.25, 0.3) is 0 Å². The molecule has 0 aromatic carbocycles. The smallest absolute Gasteiger partial charge is 0.224 e. The Morgan fingerprint density at radius 3 is 2.54 bits per heavy atom. The first kappa shape index (κ1) is 17.5. The van der Waals surface area contributed by atoms with Crippen molar-refractivity contribution in [2.45, 2.75) is 38.0 Å². The molecule has 3 N–H and O–H groups in total. The normalized spacial score (nSPS) is 26.3. The molecule has 1 saturated carbocycles. The van der Waals surface area contributed by atoms with Gasteiger partial charge >= 0.3 is 0 Å². The third-order valence-corrected chi connectivity index (χ3v) is 5.46. The van der Waals surface area contributed by atoms with Crippen molar-refractivity contribution in [1.82, 2.24) is 14.9 Å². The zero-order valence-electron chi connectivity index (χ0n) is 14.7. The summed E-state index contributed by atoms with van der Waals surface area (Å²) in [6, 6.07) is 0. The van der Waals surface area contributed by atoms with E-state index in [1.807, 2.05) is 31.4 Å². The van der Waals surface area contributed by atoms with Crippen LogP contribution in [-0.2, 0) is 11.3 Å². The third-order valence-electron chi connectivity index (χ3n) is 5.46. The van der Waals surface area contributed by atoms with Gasteiger partial charge in [-0.25, -0.2) is 9.97 Å². The van der Waals surface area contributed by atoms with Crippen LogP contribution in [0, 0.1) is 5.41 Å². The minimum Gasteiger partial charge on any atom is -0.392 e. The van der Waals surface area contributed by atoms with Crippen molar-refractivity contribution in [2.24, 2.45) is 11.1 Å². The molecule has 1 aliphatic carbocycles. The number of nitrogens with zero attached hydrogens (tertiary/aromatic N) is 4. The summed E-state index contributed by atoms with van der Waals surface area (Å²) < 4.78 is 5.85. The summed E-state index contributed by atoms with van der Waals surface area (Å²) in [5, 5.41) is 10.3. The van der Waals surface area contributed by atoms with Gasteiger partial charge in [-0.3, -0.25) is 4.90 Å². The van der Waals surface area contributed by atoms with E-state index in [4.69, 9.17) is 10.5 Å². The molecule has 1 spiro atoms. The van der Waals surface area contributed by atoms with E-state index in [1.165, 1.54) is 0 Å². The largest absolute Gasteiger partial charge is 0.392 e. The van der Waals surface area contributed by atoms with Crippen LogP contribution in [0.4, 0.5) is 5.95 Å². The number of piperidine rings is 1. The molecular formula is C17H29N5O2. The Hall–Kier alpha value is -1.28. The summed E-state index contributed by atoms with van der Waals surface area (Å²) >= 11 is 0. The van der Waals surface area contributed by atoms with E-state index in [-0.39, 0.29) is 17.6 Å². The molecule has 1 aliphatic heterocycles. The molecule has 0 amide bonds. The highest BCUT2D eigenvalue weighted by Gasteiger charge is 2.55. The number of aliphatic hydroxyl groups excluding tert-OH is 1. The van der Waals surface area contributed by atoms with Gasteiger partial charge in [-0.05, 0) is 25.9 Å². The van der Waals surface area contributed by atoms with Crippen molar-refractivity contribution < 1.29 is 9.84 Å². The van der Waals surface area contributed by atoms with Crippen LogP contribution in [0.1, 0.15) is 24.8 Å². The molecule has 3 rings (SSSR count). The maximum absolute atomic E-state index is 10.3. The average Bonchev–Trinajstić information content (AvgIpc) is 2.59. The lowest BCUT2D eigenvalue weighted by Gasteiger charge is -2.56. The van der Waals surface area contributed by atoms with Gasteiger partial charge in [0.15, 0.2) is 0 Å². The standard InChI is InChI=1S/C17H29N5O2/c1-21(2)16-19-10-13(11-20-16)12-22-6-3-17(4-7-22)14(23)9-15(17)24-8-5-18/h10-11,14-15,23H,3-9,12,18H2,1-2H3/t14-,15+/m1/s1. The average molecular weight is 335 g/mol. The highest BCUT2D eigenvalue weighted by atomic mass is 16.5. The molecule has 7 heteroatoms. The van der Waals surface area contributed by atoms with Crippen molar-refractivity contribution in [1.29, 1.82) is 0 Å². The summed E-state index contributed by atoms with van der Waals surface area (Å²) in [4.78, 5) is 13.1. The minimum absolute atomic E-state index is 0.0586. The SMILES string of the molecule is CN(C)c1ncc(CN2CCC3(CC2)[C@H](O)C[C@@H]3OCCN)cn1. The Kier molecular flexibility index (Phi) is 5.34. The van der Waals surface area contributed by atoms with E-state index in [9.17, 15) is 5.11 Å². The molecule has 2 fully saturated rings. The summed E-state index contributed by atoms with van der Waals surface area (Å²) in [5.74, 6) is 0.730. The Morgan fingerprint density at radius 1 is 1.33 bits per heavy atom. The first-order valence-electron chi connectivity index (χ1n) is 8.75. The number of ether oxygens (including phenoxy) is 1. The highest BCUT2D eigenvalue weighted by molar-refractivity contribution is 5.26. The van der Waals surface area contributed by atoms with Crippen molar-refractivity contribution in [3.8, 4) is 0 Å². The predicted molar refractivity (Wildman–Crippen MR) is 92.7 cm³/mol. The van der Waals surface area contributed by atoms with Crippen molar-refractivity contribution in [3.05, 3.63) is 18.0 Å². The van der Waals surface area contributed by atoms with Crippen LogP contribution in [0.3, 0.4) is 0 Å².